The Kier molecular flexibility index (Phi) is 4.75. The average Bonchev–Trinajstić information content (AvgIpc) is 2.62. The third-order valence-electron chi connectivity index (χ3n) is 2.73. The van der Waals surface area contributed by atoms with Gasteiger partial charge < -0.3 is 5.32 Å². The first-order chi connectivity index (χ1) is 7.78. The van der Waals surface area contributed by atoms with Gasteiger partial charge >= 0.3 is 0 Å². The molecule has 0 spiro atoms. The Morgan fingerprint density at radius 1 is 1.29 bits per heavy atom. The van der Waals surface area contributed by atoms with Crippen molar-refractivity contribution in [3.63, 3.8) is 0 Å². The van der Waals surface area contributed by atoms with Crippen molar-refractivity contribution < 1.29 is 0 Å². The maximum atomic E-state index is 4.58. The molecule has 0 radical (unpaired) electrons. The standard InChI is InChI=1S/C14H27N3/c1-11(2)17-8-7-13(16-17)9-12(3)10-15-14(4,5)6/h7-8,11-12,15H,9-10H2,1-6H3. The van der Waals surface area contributed by atoms with E-state index >= 15 is 0 Å². The lowest BCUT2D eigenvalue weighted by Gasteiger charge is -2.23. The lowest BCUT2D eigenvalue weighted by molar-refractivity contribution is 0.379. The van der Waals surface area contributed by atoms with E-state index in [0.29, 0.717) is 12.0 Å². The molecule has 0 bridgehead atoms. The summed E-state index contributed by atoms with van der Waals surface area (Å²) in [6, 6.07) is 2.58. The Balaban J connectivity index is 2.42. The normalized spacial score (nSPS) is 14.3. The fourth-order valence-corrected chi connectivity index (χ4v) is 1.68. The molecule has 0 aromatic carbocycles. The van der Waals surface area contributed by atoms with Gasteiger partial charge in [-0.2, -0.15) is 5.10 Å². The number of aromatic nitrogens is 2. The second kappa shape index (κ2) is 5.67. The molecule has 1 aromatic rings. The van der Waals surface area contributed by atoms with E-state index in [2.05, 4.69) is 64.2 Å². The third kappa shape index (κ3) is 5.35. The molecule has 0 saturated heterocycles. The van der Waals surface area contributed by atoms with Crippen LogP contribution in [0.4, 0.5) is 0 Å². The first-order valence-electron chi connectivity index (χ1n) is 6.57. The second-order valence-electron chi connectivity index (χ2n) is 6.32. The van der Waals surface area contributed by atoms with E-state index in [0.717, 1.165) is 13.0 Å². The average molecular weight is 237 g/mol. The summed E-state index contributed by atoms with van der Waals surface area (Å²) in [6.07, 6.45) is 3.12. The van der Waals surface area contributed by atoms with Gasteiger partial charge in [0.05, 0.1) is 5.69 Å². The molecular weight excluding hydrogens is 210 g/mol. The minimum atomic E-state index is 0.200. The molecule has 17 heavy (non-hydrogen) atoms. The van der Waals surface area contributed by atoms with Crippen LogP contribution in [0.5, 0.6) is 0 Å². The van der Waals surface area contributed by atoms with Gasteiger partial charge in [-0.15, -0.1) is 0 Å². The van der Waals surface area contributed by atoms with Crippen LogP contribution in [0, 0.1) is 5.92 Å². The topological polar surface area (TPSA) is 29.9 Å². The van der Waals surface area contributed by atoms with Crippen LogP contribution < -0.4 is 5.32 Å². The predicted octanol–water partition coefficient (Wildman–Crippen LogP) is 3.03. The highest BCUT2D eigenvalue weighted by Crippen LogP contribution is 2.10. The zero-order valence-corrected chi connectivity index (χ0v) is 12.1. The van der Waals surface area contributed by atoms with E-state index < -0.39 is 0 Å². The molecule has 1 N–H and O–H groups in total. The van der Waals surface area contributed by atoms with Crippen molar-refractivity contribution in [2.75, 3.05) is 6.54 Å². The number of hydrogen-bond acceptors (Lipinski definition) is 2. The molecule has 98 valence electrons. The zero-order chi connectivity index (χ0) is 13.1. The summed E-state index contributed by atoms with van der Waals surface area (Å²) in [7, 11) is 0. The van der Waals surface area contributed by atoms with Gasteiger partial charge in [0.1, 0.15) is 0 Å². The Labute approximate surface area is 106 Å². The van der Waals surface area contributed by atoms with Gasteiger partial charge in [0.15, 0.2) is 0 Å². The van der Waals surface area contributed by atoms with E-state index in [9.17, 15) is 0 Å². The van der Waals surface area contributed by atoms with Crippen molar-refractivity contribution >= 4 is 0 Å². The van der Waals surface area contributed by atoms with Crippen LogP contribution in [0.25, 0.3) is 0 Å². The van der Waals surface area contributed by atoms with Gasteiger partial charge in [0.25, 0.3) is 0 Å². The molecule has 1 unspecified atom stereocenters. The van der Waals surface area contributed by atoms with Gasteiger partial charge in [-0.25, -0.2) is 0 Å². The van der Waals surface area contributed by atoms with Crippen molar-refractivity contribution in [1.82, 2.24) is 15.1 Å². The molecule has 0 aliphatic carbocycles. The molecule has 1 heterocycles. The minimum absolute atomic E-state index is 0.200. The molecule has 0 fully saturated rings. The van der Waals surface area contributed by atoms with E-state index in [4.69, 9.17) is 0 Å². The molecular formula is C14H27N3. The minimum Gasteiger partial charge on any atom is -0.312 e. The summed E-state index contributed by atoms with van der Waals surface area (Å²) in [5.41, 5.74) is 1.40. The van der Waals surface area contributed by atoms with Crippen molar-refractivity contribution in [2.45, 2.75) is 59.5 Å². The highest BCUT2D eigenvalue weighted by molar-refractivity contribution is 5.00. The lowest BCUT2D eigenvalue weighted by Crippen LogP contribution is -2.39. The molecule has 3 nitrogen and oxygen atoms in total. The summed E-state index contributed by atoms with van der Waals surface area (Å²) in [6.45, 7) is 14.2. The van der Waals surface area contributed by atoms with Crippen molar-refractivity contribution in [3.05, 3.63) is 18.0 Å². The van der Waals surface area contributed by atoms with Crippen LogP contribution in [-0.4, -0.2) is 21.9 Å². The zero-order valence-electron chi connectivity index (χ0n) is 12.1. The number of rotatable bonds is 5. The summed E-state index contributed by atoms with van der Waals surface area (Å²) < 4.78 is 2.03. The van der Waals surface area contributed by atoms with E-state index in [1.54, 1.807) is 0 Å². The number of nitrogens with zero attached hydrogens (tertiary/aromatic N) is 2. The predicted molar refractivity (Wildman–Crippen MR) is 73.2 cm³/mol. The smallest absolute Gasteiger partial charge is 0.0627 e. The number of nitrogens with one attached hydrogen (secondary N) is 1. The molecule has 0 aliphatic heterocycles. The Bertz CT molecular complexity index is 333. The summed E-state index contributed by atoms with van der Waals surface area (Å²) >= 11 is 0. The third-order valence-corrected chi connectivity index (χ3v) is 2.73. The van der Waals surface area contributed by atoms with Crippen LogP contribution in [0.2, 0.25) is 0 Å². The van der Waals surface area contributed by atoms with E-state index in [1.807, 2.05) is 4.68 Å². The lowest BCUT2D eigenvalue weighted by atomic mass is 10.0. The molecule has 1 rings (SSSR count). The Morgan fingerprint density at radius 2 is 1.94 bits per heavy atom. The molecule has 1 atom stereocenters. The molecule has 0 aliphatic rings. The van der Waals surface area contributed by atoms with Crippen molar-refractivity contribution in [3.8, 4) is 0 Å². The van der Waals surface area contributed by atoms with Crippen LogP contribution in [0.3, 0.4) is 0 Å². The molecule has 3 heteroatoms. The van der Waals surface area contributed by atoms with E-state index in [-0.39, 0.29) is 5.54 Å². The van der Waals surface area contributed by atoms with Crippen LogP contribution in [-0.2, 0) is 6.42 Å². The van der Waals surface area contributed by atoms with Gasteiger partial charge in [-0.1, -0.05) is 6.92 Å². The quantitative estimate of drug-likeness (QED) is 0.853. The van der Waals surface area contributed by atoms with Gasteiger partial charge in [-0.05, 0) is 59.6 Å². The van der Waals surface area contributed by atoms with Gasteiger partial charge in [-0.3, -0.25) is 4.68 Å². The summed E-state index contributed by atoms with van der Waals surface area (Å²) in [5, 5.41) is 8.12. The highest BCUT2D eigenvalue weighted by atomic mass is 15.3. The van der Waals surface area contributed by atoms with Crippen LogP contribution in [0.1, 0.15) is 53.3 Å². The van der Waals surface area contributed by atoms with Gasteiger partial charge in [0, 0.05) is 17.8 Å². The summed E-state index contributed by atoms with van der Waals surface area (Å²) in [5.74, 6) is 0.615. The van der Waals surface area contributed by atoms with Crippen molar-refractivity contribution in [2.24, 2.45) is 5.92 Å². The van der Waals surface area contributed by atoms with Gasteiger partial charge in [0.2, 0.25) is 0 Å². The molecule has 0 amide bonds. The Morgan fingerprint density at radius 3 is 2.41 bits per heavy atom. The molecule has 0 saturated carbocycles. The first-order valence-corrected chi connectivity index (χ1v) is 6.57. The number of hydrogen-bond donors (Lipinski definition) is 1. The summed E-state index contributed by atoms with van der Waals surface area (Å²) in [4.78, 5) is 0. The second-order valence-corrected chi connectivity index (χ2v) is 6.32. The maximum Gasteiger partial charge on any atom is 0.0627 e. The van der Waals surface area contributed by atoms with E-state index in [1.165, 1.54) is 5.69 Å². The fourth-order valence-electron chi connectivity index (χ4n) is 1.68. The SMILES string of the molecule is CC(CNC(C)(C)C)Cc1ccn(C(C)C)n1. The fraction of sp³-hybridized carbons (Fsp3) is 0.786. The molecule has 1 aromatic heterocycles. The van der Waals surface area contributed by atoms with Crippen LogP contribution in [0.15, 0.2) is 12.3 Å². The monoisotopic (exact) mass is 237 g/mol. The van der Waals surface area contributed by atoms with Crippen molar-refractivity contribution in [1.29, 1.82) is 0 Å². The van der Waals surface area contributed by atoms with Crippen LogP contribution >= 0.6 is 0 Å². The maximum absolute atomic E-state index is 4.58. The highest BCUT2D eigenvalue weighted by Gasteiger charge is 2.12. The Hall–Kier alpha value is -0.830. The first kappa shape index (κ1) is 14.2. The largest absolute Gasteiger partial charge is 0.312 e.